The van der Waals surface area contributed by atoms with Gasteiger partial charge in [-0.25, -0.2) is 0 Å². The minimum atomic E-state index is -0.369. The number of rotatable bonds is 3. The van der Waals surface area contributed by atoms with Gasteiger partial charge in [0.1, 0.15) is 12.6 Å². The lowest BCUT2D eigenvalue weighted by Gasteiger charge is -2.25. The summed E-state index contributed by atoms with van der Waals surface area (Å²) >= 11 is 5.40. The average Bonchev–Trinajstić information content (AvgIpc) is 1.62. The van der Waals surface area contributed by atoms with Crippen molar-refractivity contribution in [2.24, 2.45) is 0 Å². The molecule has 1 N–H and O–H groups in total. The SMILES string of the molecule is C[N+](C)(C)C[C@H](O)CCl.[Cl-]. The lowest BCUT2D eigenvalue weighted by molar-refractivity contribution is -0.873. The molecule has 1 atom stereocenters. The van der Waals surface area contributed by atoms with Crippen LogP contribution in [0.1, 0.15) is 0 Å². The third-order valence-electron chi connectivity index (χ3n) is 0.937. The summed E-state index contributed by atoms with van der Waals surface area (Å²) < 4.78 is 0.758. The molecule has 0 spiro atoms. The number of hydrogen-bond donors (Lipinski definition) is 1. The first-order valence-corrected chi connectivity index (χ1v) is 3.53. The van der Waals surface area contributed by atoms with E-state index in [0.717, 1.165) is 4.48 Å². The van der Waals surface area contributed by atoms with E-state index in [1.807, 2.05) is 21.1 Å². The predicted molar refractivity (Wildman–Crippen MR) is 39.6 cm³/mol. The van der Waals surface area contributed by atoms with Gasteiger partial charge in [-0.05, 0) is 0 Å². The Hall–Kier alpha value is 0.500. The van der Waals surface area contributed by atoms with Gasteiger partial charge in [-0.1, -0.05) is 0 Å². The number of aliphatic hydroxyl groups excluding tert-OH is 1. The summed E-state index contributed by atoms with van der Waals surface area (Å²) in [5, 5.41) is 9.05. The Labute approximate surface area is 73.8 Å². The lowest BCUT2D eigenvalue weighted by Crippen LogP contribution is -3.00. The highest BCUT2D eigenvalue weighted by Gasteiger charge is 2.13. The van der Waals surface area contributed by atoms with Crippen molar-refractivity contribution in [3.05, 3.63) is 0 Å². The van der Waals surface area contributed by atoms with Crippen molar-refractivity contribution < 1.29 is 22.0 Å². The second-order valence-electron chi connectivity index (χ2n) is 3.28. The molecule has 0 aliphatic carbocycles. The summed E-state index contributed by atoms with van der Waals surface area (Å²) in [6.45, 7) is 0.712. The number of aliphatic hydroxyl groups is 1. The summed E-state index contributed by atoms with van der Waals surface area (Å²) in [5.41, 5.74) is 0. The van der Waals surface area contributed by atoms with Crippen LogP contribution in [-0.4, -0.2) is 49.3 Å². The molecule has 0 amide bonds. The van der Waals surface area contributed by atoms with E-state index in [9.17, 15) is 0 Å². The van der Waals surface area contributed by atoms with Crippen LogP contribution in [0.2, 0.25) is 0 Å². The quantitative estimate of drug-likeness (QED) is 0.377. The molecule has 0 unspecified atom stereocenters. The fourth-order valence-electron chi connectivity index (χ4n) is 0.681. The highest BCUT2D eigenvalue weighted by atomic mass is 35.5. The molecule has 0 aromatic rings. The van der Waals surface area contributed by atoms with Crippen LogP contribution in [0.25, 0.3) is 0 Å². The number of hydrogen-bond acceptors (Lipinski definition) is 1. The molecule has 0 rings (SSSR count). The highest BCUT2D eigenvalue weighted by molar-refractivity contribution is 6.18. The lowest BCUT2D eigenvalue weighted by atomic mass is 10.3. The molecule has 0 aliphatic heterocycles. The van der Waals surface area contributed by atoms with E-state index >= 15 is 0 Å². The standard InChI is InChI=1S/C6H15ClNO.ClH/c1-8(2,3)5-6(9)4-7;/h6,9H,4-5H2,1-3H3;1H/q+1;/p-1/t6-;/m1./s1. The first-order chi connectivity index (χ1) is 3.95. The van der Waals surface area contributed by atoms with Gasteiger partial charge in [-0.3, -0.25) is 0 Å². The van der Waals surface area contributed by atoms with Gasteiger partial charge in [-0.2, -0.15) is 0 Å². The molecule has 0 bridgehead atoms. The van der Waals surface area contributed by atoms with Crippen molar-refractivity contribution >= 4 is 11.6 Å². The van der Waals surface area contributed by atoms with Crippen LogP contribution in [0.3, 0.4) is 0 Å². The second kappa shape index (κ2) is 5.19. The number of nitrogens with zero attached hydrogens (tertiary/aromatic N) is 1. The van der Waals surface area contributed by atoms with Crippen LogP contribution in [0.4, 0.5) is 0 Å². The first kappa shape index (κ1) is 13.1. The minimum absolute atomic E-state index is 0. The molecule has 0 saturated carbocycles. The smallest absolute Gasteiger partial charge is 0.116 e. The summed E-state index contributed by atoms with van der Waals surface area (Å²) in [7, 11) is 6.07. The van der Waals surface area contributed by atoms with Gasteiger partial charge in [0.15, 0.2) is 0 Å². The Morgan fingerprint density at radius 3 is 1.90 bits per heavy atom. The van der Waals surface area contributed by atoms with E-state index in [0.29, 0.717) is 12.4 Å². The summed E-state index contributed by atoms with van der Waals surface area (Å²) in [6.07, 6.45) is -0.369. The van der Waals surface area contributed by atoms with Gasteiger partial charge in [-0.15, -0.1) is 11.6 Å². The maximum Gasteiger partial charge on any atom is 0.116 e. The van der Waals surface area contributed by atoms with Gasteiger partial charge < -0.3 is 22.0 Å². The van der Waals surface area contributed by atoms with Gasteiger partial charge in [0.05, 0.1) is 27.0 Å². The van der Waals surface area contributed by atoms with Crippen LogP contribution in [0.15, 0.2) is 0 Å². The fraction of sp³-hybridized carbons (Fsp3) is 1.00. The van der Waals surface area contributed by atoms with Crippen molar-refractivity contribution in [1.82, 2.24) is 0 Å². The Balaban J connectivity index is 0. The first-order valence-electron chi connectivity index (χ1n) is 3.00. The zero-order chi connectivity index (χ0) is 7.49. The third-order valence-corrected chi connectivity index (χ3v) is 1.29. The molecule has 0 fully saturated rings. The molecule has 10 heavy (non-hydrogen) atoms. The molecular weight excluding hydrogens is 173 g/mol. The number of alkyl halides is 1. The van der Waals surface area contributed by atoms with Crippen molar-refractivity contribution in [2.75, 3.05) is 33.6 Å². The molecule has 0 radical (unpaired) electrons. The van der Waals surface area contributed by atoms with E-state index in [-0.39, 0.29) is 18.5 Å². The van der Waals surface area contributed by atoms with E-state index in [2.05, 4.69) is 0 Å². The largest absolute Gasteiger partial charge is 1.00 e. The fourth-order valence-corrected chi connectivity index (χ4v) is 0.779. The van der Waals surface area contributed by atoms with E-state index in [1.165, 1.54) is 0 Å². The zero-order valence-electron chi connectivity index (χ0n) is 6.64. The van der Waals surface area contributed by atoms with Crippen molar-refractivity contribution in [2.45, 2.75) is 6.10 Å². The van der Waals surface area contributed by atoms with Crippen LogP contribution in [0.5, 0.6) is 0 Å². The maximum absolute atomic E-state index is 9.05. The van der Waals surface area contributed by atoms with Crippen molar-refractivity contribution in [3.63, 3.8) is 0 Å². The normalized spacial score (nSPS) is 14.1. The molecule has 0 saturated heterocycles. The highest BCUT2D eigenvalue weighted by Crippen LogP contribution is 1.95. The predicted octanol–water partition coefficient (Wildman–Crippen LogP) is -2.70. The van der Waals surface area contributed by atoms with Gasteiger partial charge in [0, 0.05) is 0 Å². The second-order valence-corrected chi connectivity index (χ2v) is 3.59. The average molecular weight is 188 g/mol. The molecule has 0 aromatic heterocycles. The van der Waals surface area contributed by atoms with Gasteiger partial charge >= 0.3 is 0 Å². The van der Waals surface area contributed by atoms with Crippen LogP contribution >= 0.6 is 11.6 Å². The molecule has 0 aromatic carbocycles. The van der Waals surface area contributed by atoms with Gasteiger partial charge in [0.2, 0.25) is 0 Å². The number of quaternary nitrogens is 1. The zero-order valence-corrected chi connectivity index (χ0v) is 8.15. The summed E-state index contributed by atoms with van der Waals surface area (Å²) in [5.74, 6) is 0.329. The molecule has 0 heterocycles. The summed E-state index contributed by atoms with van der Waals surface area (Å²) in [4.78, 5) is 0. The van der Waals surface area contributed by atoms with E-state index < -0.39 is 0 Å². The Morgan fingerprint density at radius 2 is 1.80 bits per heavy atom. The van der Waals surface area contributed by atoms with Crippen molar-refractivity contribution in [1.29, 1.82) is 0 Å². The van der Waals surface area contributed by atoms with Gasteiger partial charge in [0.25, 0.3) is 0 Å². The summed E-state index contributed by atoms with van der Waals surface area (Å²) in [6, 6.07) is 0. The van der Waals surface area contributed by atoms with Crippen molar-refractivity contribution in [3.8, 4) is 0 Å². The van der Waals surface area contributed by atoms with Crippen LogP contribution in [0, 0.1) is 0 Å². The molecule has 64 valence electrons. The third kappa shape index (κ3) is 8.50. The molecule has 0 aliphatic rings. The molecular formula is C6H15Cl2NO. The topological polar surface area (TPSA) is 20.2 Å². The Kier molecular flexibility index (Phi) is 6.81. The Bertz CT molecular complexity index is 82.3. The molecule has 4 heteroatoms. The maximum atomic E-state index is 9.05. The monoisotopic (exact) mass is 187 g/mol. The van der Waals surface area contributed by atoms with Crippen LogP contribution < -0.4 is 12.4 Å². The van der Waals surface area contributed by atoms with E-state index in [4.69, 9.17) is 16.7 Å². The number of likely N-dealkylation sites (N-methyl/N-ethyl adjacent to an activating group) is 1. The molecule has 2 nitrogen and oxygen atoms in total. The number of halogens is 2. The van der Waals surface area contributed by atoms with E-state index in [1.54, 1.807) is 0 Å². The Morgan fingerprint density at radius 1 is 1.40 bits per heavy atom. The van der Waals surface area contributed by atoms with Crippen LogP contribution in [-0.2, 0) is 0 Å². The minimum Gasteiger partial charge on any atom is -1.00 e.